The summed E-state index contributed by atoms with van der Waals surface area (Å²) < 4.78 is 5.37. The molecule has 3 N–H and O–H groups in total. The lowest BCUT2D eigenvalue weighted by Gasteiger charge is -2.27. The van der Waals surface area contributed by atoms with Crippen LogP contribution in [0.15, 0.2) is 53.5 Å². The van der Waals surface area contributed by atoms with Gasteiger partial charge in [0.05, 0.1) is 11.6 Å². The van der Waals surface area contributed by atoms with Crippen LogP contribution in [0.2, 0.25) is 0 Å². The summed E-state index contributed by atoms with van der Waals surface area (Å²) >= 11 is 0. The second-order valence-corrected chi connectivity index (χ2v) is 6.48. The van der Waals surface area contributed by atoms with Crippen molar-refractivity contribution in [3.63, 3.8) is 0 Å². The monoisotopic (exact) mass is 346 g/mol. The number of oxazole rings is 1. The largest absolute Gasteiger partial charge is 0.444 e. The second-order valence-electron chi connectivity index (χ2n) is 6.48. The van der Waals surface area contributed by atoms with Crippen LogP contribution in [0.4, 0.5) is 17.5 Å². The molecule has 0 atom stereocenters. The van der Waals surface area contributed by atoms with E-state index in [1.54, 1.807) is 6.20 Å². The van der Waals surface area contributed by atoms with Gasteiger partial charge in [0.1, 0.15) is 11.5 Å². The molecule has 0 saturated heterocycles. The first-order chi connectivity index (χ1) is 12.8. The number of fused-ring (bicyclic) bond motifs is 1. The maximum Gasteiger partial charge on any atom is 0.231 e. The van der Waals surface area contributed by atoms with Gasteiger partial charge < -0.3 is 20.0 Å². The van der Waals surface area contributed by atoms with E-state index in [1.807, 2.05) is 36.5 Å². The van der Waals surface area contributed by atoms with E-state index < -0.39 is 0 Å². The Morgan fingerprint density at radius 1 is 1.15 bits per heavy atom. The van der Waals surface area contributed by atoms with Crippen molar-refractivity contribution in [2.45, 2.75) is 25.3 Å². The van der Waals surface area contributed by atoms with E-state index in [4.69, 9.17) is 9.40 Å². The third-order valence-electron chi connectivity index (χ3n) is 4.70. The molecule has 1 aliphatic rings. The Hall–Kier alpha value is -3.35. The Labute approximate surface area is 149 Å². The molecule has 4 aromatic rings. The SMILES string of the molecule is c1cc(Nc2nc(NC3CCC3)c3cc[nH]c3n2)cc(-c2cnco2)c1. The van der Waals surface area contributed by atoms with Gasteiger partial charge in [-0.25, -0.2) is 4.98 Å². The van der Waals surface area contributed by atoms with Crippen molar-refractivity contribution in [2.75, 3.05) is 10.6 Å². The number of rotatable bonds is 5. The smallest absolute Gasteiger partial charge is 0.231 e. The van der Waals surface area contributed by atoms with Crippen LogP contribution in [-0.4, -0.2) is 26.0 Å². The van der Waals surface area contributed by atoms with Gasteiger partial charge in [0.15, 0.2) is 12.2 Å². The van der Waals surface area contributed by atoms with Gasteiger partial charge in [-0.1, -0.05) is 12.1 Å². The van der Waals surface area contributed by atoms with E-state index >= 15 is 0 Å². The molecule has 1 aromatic carbocycles. The van der Waals surface area contributed by atoms with E-state index in [0.29, 0.717) is 12.0 Å². The lowest BCUT2D eigenvalue weighted by molar-refractivity contribution is 0.445. The standard InChI is InChI=1S/C19H18N6O/c1-3-12(16-10-20-11-26-16)9-14(6-1)23-19-24-17-15(7-8-21-17)18(25-19)22-13-4-2-5-13/h1,3,6-11,13H,2,4-5H2,(H3,21,22,23,24,25). The zero-order valence-corrected chi connectivity index (χ0v) is 14.1. The molecule has 0 bridgehead atoms. The molecule has 0 spiro atoms. The highest BCUT2D eigenvalue weighted by molar-refractivity contribution is 5.88. The summed E-state index contributed by atoms with van der Waals surface area (Å²) in [5.74, 6) is 2.15. The maximum absolute atomic E-state index is 5.37. The Balaban J connectivity index is 1.46. The van der Waals surface area contributed by atoms with E-state index in [0.717, 1.165) is 33.9 Å². The first-order valence-corrected chi connectivity index (χ1v) is 8.73. The fraction of sp³-hybridized carbons (Fsp3) is 0.211. The lowest BCUT2D eigenvalue weighted by Crippen LogP contribution is -2.27. The van der Waals surface area contributed by atoms with Gasteiger partial charge in [-0.15, -0.1) is 0 Å². The first-order valence-electron chi connectivity index (χ1n) is 8.73. The predicted molar refractivity (Wildman–Crippen MR) is 100 cm³/mol. The molecule has 5 rings (SSSR count). The van der Waals surface area contributed by atoms with Crippen LogP contribution in [0.1, 0.15) is 19.3 Å². The summed E-state index contributed by atoms with van der Waals surface area (Å²) in [6, 6.07) is 10.4. The zero-order valence-electron chi connectivity index (χ0n) is 14.1. The molecule has 3 aromatic heterocycles. The van der Waals surface area contributed by atoms with Crippen LogP contribution in [0, 0.1) is 0 Å². The summed E-state index contributed by atoms with van der Waals surface area (Å²) in [7, 11) is 0. The Kier molecular flexibility index (Phi) is 3.55. The maximum atomic E-state index is 5.37. The molecule has 0 aliphatic heterocycles. The van der Waals surface area contributed by atoms with Gasteiger partial charge in [0, 0.05) is 23.5 Å². The number of hydrogen-bond acceptors (Lipinski definition) is 6. The molecule has 7 heteroatoms. The van der Waals surface area contributed by atoms with Crippen LogP contribution < -0.4 is 10.6 Å². The summed E-state index contributed by atoms with van der Waals surface area (Å²) in [6.45, 7) is 0. The minimum absolute atomic E-state index is 0.505. The molecule has 0 unspecified atom stereocenters. The minimum atomic E-state index is 0.505. The van der Waals surface area contributed by atoms with Gasteiger partial charge in [-0.05, 0) is 37.5 Å². The third kappa shape index (κ3) is 2.77. The van der Waals surface area contributed by atoms with E-state index in [-0.39, 0.29) is 0 Å². The van der Waals surface area contributed by atoms with Crippen molar-refractivity contribution < 1.29 is 4.42 Å². The number of nitrogens with one attached hydrogen (secondary N) is 3. The van der Waals surface area contributed by atoms with Crippen molar-refractivity contribution in [1.82, 2.24) is 19.9 Å². The third-order valence-corrected chi connectivity index (χ3v) is 4.70. The van der Waals surface area contributed by atoms with Gasteiger partial charge in [0.2, 0.25) is 5.95 Å². The molecule has 26 heavy (non-hydrogen) atoms. The highest BCUT2D eigenvalue weighted by atomic mass is 16.3. The van der Waals surface area contributed by atoms with E-state index in [2.05, 4.69) is 25.6 Å². The van der Waals surface area contributed by atoms with Gasteiger partial charge in [0.25, 0.3) is 0 Å². The highest BCUT2D eigenvalue weighted by Crippen LogP contribution is 2.29. The van der Waals surface area contributed by atoms with Crippen LogP contribution in [0.25, 0.3) is 22.4 Å². The number of aromatic nitrogens is 4. The quantitative estimate of drug-likeness (QED) is 0.498. The fourth-order valence-electron chi connectivity index (χ4n) is 3.09. The molecular weight excluding hydrogens is 328 g/mol. The van der Waals surface area contributed by atoms with Gasteiger partial charge in [-0.3, -0.25) is 0 Å². The van der Waals surface area contributed by atoms with Crippen molar-refractivity contribution in [3.05, 3.63) is 49.1 Å². The zero-order chi connectivity index (χ0) is 17.3. The van der Waals surface area contributed by atoms with Crippen molar-refractivity contribution in [3.8, 4) is 11.3 Å². The van der Waals surface area contributed by atoms with E-state index in [1.165, 1.54) is 25.7 Å². The molecule has 0 amide bonds. The lowest BCUT2D eigenvalue weighted by atomic mass is 9.93. The Morgan fingerprint density at radius 3 is 2.92 bits per heavy atom. The topological polar surface area (TPSA) is 91.7 Å². The summed E-state index contributed by atoms with van der Waals surface area (Å²) in [5, 5.41) is 7.84. The van der Waals surface area contributed by atoms with Crippen molar-refractivity contribution >= 4 is 28.5 Å². The Morgan fingerprint density at radius 2 is 2.12 bits per heavy atom. The average molecular weight is 346 g/mol. The van der Waals surface area contributed by atoms with Crippen molar-refractivity contribution in [2.24, 2.45) is 0 Å². The van der Waals surface area contributed by atoms with Crippen LogP contribution >= 0.6 is 0 Å². The number of H-pyrrole nitrogens is 1. The Bertz CT molecular complexity index is 1040. The van der Waals surface area contributed by atoms with Crippen LogP contribution in [0.5, 0.6) is 0 Å². The summed E-state index contributed by atoms with van der Waals surface area (Å²) in [5.41, 5.74) is 2.65. The molecule has 0 radical (unpaired) electrons. The number of anilines is 3. The second kappa shape index (κ2) is 6.18. The van der Waals surface area contributed by atoms with Crippen molar-refractivity contribution in [1.29, 1.82) is 0 Å². The highest BCUT2D eigenvalue weighted by Gasteiger charge is 2.19. The summed E-state index contributed by atoms with van der Waals surface area (Å²) in [4.78, 5) is 16.4. The van der Waals surface area contributed by atoms with Gasteiger partial charge >= 0.3 is 0 Å². The first kappa shape index (κ1) is 14.9. The number of benzene rings is 1. The molecule has 1 saturated carbocycles. The summed E-state index contributed by atoms with van der Waals surface area (Å²) in [6.07, 6.45) is 8.67. The number of hydrogen-bond donors (Lipinski definition) is 3. The van der Waals surface area contributed by atoms with Crippen LogP contribution in [-0.2, 0) is 0 Å². The molecule has 3 heterocycles. The number of nitrogens with zero attached hydrogens (tertiary/aromatic N) is 3. The molecule has 7 nitrogen and oxygen atoms in total. The van der Waals surface area contributed by atoms with Crippen LogP contribution in [0.3, 0.4) is 0 Å². The normalized spacial score (nSPS) is 14.3. The minimum Gasteiger partial charge on any atom is -0.444 e. The average Bonchev–Trinajstić information content (AvgIpc) is 3.29. The molecular formula is C19H18N6O. The molecule has 1 aliphatic carbocycles. The van der Waals surface area contributed by atoms with Gasteiger partial charge in [-0.2, -0.15) is 9.97 Å². The molecule has 130 valence electrons. The van der Waals surface area contributed by atoms with E-state index in [9.17, 15) is 0 Å². The molecule has 1 fully saturated rings. The predicted octanol–water partition coefficient (Wildman–Crippen LogP) is 4.32. The number of aromatic amines is 1. The fourth-order valence-corrected chi connectivity index (χ4v) is 3.09.